The van der Waals surface area contributed by atoms with Gasteiger partial charge < -0.3 is 10.1 Å². The molecule has 24 heavy (non-hydrogen) atoms. The molecule has 1 N–H and O–H groups in total. The van der Waals surface area contributed by atoms with Crippen LogP contribution < -0.4 is 5.32 Å². The SMILES string of the molecule is FC(F)(F)c1cccc(-c2nc(Cl)cc(NC[C@@H]3CCCO3)n2)c1. The summed E-state index contributed by atoms with van der Waals surface area (Å²) >= 11 is 5.98. The van der Waals surface area contributed by atoms with Crippen LogP contribution >= 0.6 is 11.6 Å². The molecule has 0 unspecified atom stereocenters. The number of hydrogen-bond acceptors (Lipinski definition) is 4. The van der Waals surface area contributed by atoms with Crippen molar-refractivity contribution in [3.8, 4) is 11.4 Å². The third-order valence-electron chi connectivity index (χ3n) is 3.68. The second kappa shape index (κ2) is 6.94. The molecule has 128 valence electrons. The predicted molar refractivity (Wildman–Crippen MR) is 84.9 cm³/mol. The van der Waals surface area contributed by atoms with Crippen LogP contribution in [0.15, 0.2) is 30.3 Å². The molecule has 1 atom stereocenters. The number of halogens is 4. The molecule has 8 heteroatoms. The summed E-state index contributed by atoms with van der Waals surface area (Å²) in [7, 11) is 0. The van der Waals surface area contributed by atoms with Crippen LogP contribution in [0.4, 0.5) is 19.0 Å². The Hall–Kier alpha value is -1.86. The van der Waals surface area contributed by atoms with Gasteiger partial charge in [-0.3, -0.25) is 0 Å². The number of hydrogen-bond donors (Lipinski definition) is 1. The molecule has 1 fully saturated rings. The van der Waals surface area contributed by atoms with Crippen LogP contribution in [0.25, 0.3) is 11.4 Å². The maximum Gasteiger partial charge on any atom is 0.416 e. The van der Waals surface area contributed by atoms with Crippen LogP contribution in [0.1, 0.15) is 18.4 Å². The molecule has 1 saturated heterocycles. The van der Waals surface area contributed by atoms with Gasteiger partial charge in [0.05, 0.1) is 11.7 Å². The maximum absolute atomic E-state index is 12.8. The molecule has 2 aromatic rings. The van der Waals surface area contributed by atoms with Gasteiger partial charge in [-0.15, -0.1) is 0 Å². The average Bonchev–Trinajstić information content (AvgIpc) is 3.05. The topological polar surface area (TPSA) is 47.0 Å². The fourth-order valence-corrected chi connectivity index (χ4v) is 2.68. The van der Waals surface area contributed by atoms with Gasteiger partial charge in [0.1, 0.15) is 11.0 Å². The first-order valence-electron chi connectivity index (χ1n) is 7.49. The molecule has 0 radical (unpaired) electrons. The first-order chi connectivity index (χ1) is 11.4. The molecule has 1 aliphatic heterocycles. The molecule has 0 spiro atoms. The quantitative estimate of drug-likeness (QED) is 0.823. The lowest BCUT2D eigenvalue weighted by molar-refractivity contribution is -0.137. The van der Waals surface area contributed by atoms with Crippen LogP contribution in [-0.2, 0) is 10.9 Å². The lowest BCUT2D eigenvalue weighted by Crippen LogP contribution is -2.19. The normalized spacial score (nSPS) is 17.9. The fourth-order valence-electron chi connectivity index (χ4n) is 2.50. The van der Waals surface area contributed by atoms with Gasteiger partial charge in [-0.2, -0.15) is 13.2 Å². The Bertz CT molecular complexity index is 718. The van der Waals surface area contributed by atoms with Crippen molar-refractivity contribution in [3.63, 3.8) is 0 Å². The second-order valence-corrected chi connectivity index (χ2v) is 5.88. The predicted octanol–water partition coefficient (Wildman–Crippen LogP) is 4.41. The van der Waals surface area contributed by atoms with Crippen molar-refractivity contribution in [2.24, 2.45) is 0 Å². The summed E-state index contributed by atoms with van der Waals surface area (Å²) in [4.78, 5) is 8.28. The number of rotatable bonds is 4. The highest BCUT2D eigenvalue weighted by Gasteiger charge is 2.30. The zero-order chi connectivity index (χ0) is 17.2. The first-order valence-corrected chi connectivity index (χ1v) is 7.87. The van der Waals surface area contributed by atoms with Gasteiger partial charge >= 0.3 is 6.18 Å². The summed E-state index contributed by atoms with van der Waals surface area (Å²) < 4.78 is 44.0. The summed E-state index contributed by atoms with van der Waals surface area (Å²) in [6.45, 7) is 1.31. The van der Waals surface area contributed by atoms with E-state index in [9.17, 15) is 13.2 Å². The van der Waals surface area contributed by atoms with Crippen molar-refractivity contribution in [1.82, 2.24) is 9.97 Å². The lowest BCUT2D eigenvalue weighted by atomic mass is 10.1. The van der Waals surface area contributed by atoms with Crippen molar-refractivity contribution in [3.05, 3.63) is 41.0 Å². The van der Waals surface area contributed by atoms with Crippen molar-refractivity contribution in [2.45, 2.75) is 25.1 Å². The Kier molecular flexibility index (Phi) is 4.91. The van der Waals surface area contributed by atoms with E-state index >= 15 is 0 Å². The van der Waals surface area contributed by atoms with Crippen molar-refractivity contribution in [2.75, 3.05) is 18.5 Å². The molecule has 3 rings (SSSR count). The average molecular weight is 358 g/mol. The van der Waals surface area contributed by atoms with E-state index in [1.807, 2.05) is 0 Å². The van der Waals surface area contributed by atoms with E-state index in [4.69, 9.17) is 16.3 Å². The van der Waals surface area contributed by atoms with Crippen molar-refractivity contribution < 1.29 is 17.9 Å². The number of alkyl halides is 3. The van der Waals surface area contributed by atoms with Crippen LogP contribution in [0.3, 0.4) is 0 Å². The number of anilines is 1. The molecule has 1 aromatic carbocycles. The fraction of sp³-hybridized carbons (Fsp3) is 0.375. The highest BCUT2D eigenvalue weighted by atomic mass is 35.5. The third kappa shape index (κ3) is 4.15. The lowest BCUT2D eigenvalue weighted by Gasteiger charge is -2.13. The van der Waals surface area contributed by atoms with Gasteiger partial charge in [0.25, 0.3) is 0 Å². The van der Waals surface area contributed by atoms with Gasteiger partial charge in [-0.1, -0.05) is 23.7 Å². The minimum atomic E-state index is -4.42. The van der Waals surface area contributed by atoms with E-state index < -0.39 is 11.7 Å². The molecule has 0 saturated carbocycles. The molecule has 1 aliphatic rings. The number of nitrogens with zero attached hydrogens (tertiary/aromatic N) is 2. The summed E-state index contributed by atoms with van der Waals surface area (Å²) in [5.41, 5.74) is -0.495. The largest absolute Gasteiger partial charge is 0.416 e. The molecular formula is C16H15ClF3N3O. The van der Waals surface area contributed by atoms with Gasteiger partial charge in [0.2, 0.25) is 0 Å². The minimum absolute atomic E-state index is 0.107. The van der Waals surface area contributed by atoms with Crippen molar-refractivity contribution in [1.29, 1.82) is 0 Å². The smallest absolute Gasteiger partial charge is 0.376 e. The van der Waals surface area contributed by atoms with Crippen LogP contribution in [-0.4, -0.2) is 29.2 Å². The molecule has 4 nitrogen and oxygen atoms in total. The highest BCUT2D eigenvalue weighted by Crippen LogP contribution is 2.31. The summed E-state index contributed by atoms with van der Waals surface area (Å²) in [6, 6.07) is 6.39. The number of ether oxygens (including phenoxy) is 1. The van der Waals surface area contributed by atoms with Gasteiger partial charge in [-0.05, 0) is 25.0 Å². The summed E-state index contributed by atoms with van der Waals surface area (Å²) in [5.74, 6) is 0.598. The van der Waals surface area contributed by atoms with Crippen LogP contribution in [0.5, 0.6) is 0 Å². The molecule has 0 aliphatic carbocycles. The highest BCUT2D eigenvalue weighted by molar-refractivity contribution is 6.29. The number of benzene rings is 1. The summed E-state index contributed by atoms with van der Waals surface area (Å²) in [6.07, 6.45) is -2.33. The zero-order valence-corrected chi connectivity index (χ0v) is 13.4. The van der Waals surface area contributed by atoms with Crippen LogP contribution in [0, 0.1) is 0 Å². The monoisotopic (exact) mass is 357 g/mol. The Balaban J connectivity index is 1.83. The Morgan fingerprint density at radius 1 is 1.25 bits per heavy atom. The number of nitrogens with one attached hydrogen (secondary N) is 1. The molecule has 0 bridgehead atoms. The van der Waals surface area contributed by atoms with Gasteiger partial charge in [-0.25, -0.2) is 9.97 Å². The summed E-state index contributed by atoms with van der Waals surface area (Å²) in [5, 5.41) is 3.26. The van der Waals surface area contributed by atoms with E-state index in [0.29, 0.717) is 12.4 Å². The zero-order valence-electron chi connectivity index (χ0n) is 12.6. The van der Waals surface area contributed by atoms with Crippen LogP contribution in [0.2, 0.25) is 5.15 Å². The standard InChI is InChI=1S/C16H15ClF3N3O/c17-13-8-14(21-9-12-5-2-6-24-12)23-15(22-13)10-3-1-4-11(7-10)16(18,19)20/h1,3-4,7-8,12H,2,5-6,9H2,(H,21,22,23)/t12-/m0/s1. The molecule has 0 amide bonds. The van der Waals surface area contributed by atoms with E-state index in [1.165, 1.54) is 18.2 Å². The molecule has 2 heterocycles. The van der Waals surface area contributed by atoms with E-state index in [0.717, 1.165) is 31.6 Å². The second-order valence-electron chi connectivity index (χ2n) is 5.49. The third-order valence-corrected chi connectivity index (χ3v) is 3.87. The maximum atomic E-state index is 12.8. The Morgan fingerprint density at radius 3 is 2.79 bits per heavy atom. The Labute approximate surface area is 142 Å². The first kappa shape index (κ1) is 17.0. The van der Waals surface area contributed by atoms with Gasteiger partial charge in [0.15, 0.2) is 5.82 Å². The van der Waals surface area contributed by atoms with E-state index in [1.54, 1.807) is 0 Å². The van der Waals surface area contributed by atoms with E-state index in [-0.39, 0.29) is 22.6 Å². The van der Waals surface area contributed by atoms with Crippen molar-refractivity contribution >= 4 is 17.4 Å². The van der Waals surface area contributed by atoms with E-state index in [2.05, 4.69) is 15.3 Å². The minimum Gasteiger partial charge on any atom is -0.376 e. The molecule has 1 aromatic heterocycles. The Morgan fingerprint density at radius 2 is 2.08 bits per heavy atom. The molecular weight excluding hydrogens is 343 g/mol. The number of aromatic nitrogens is 2. The van der Waals surface area contributed by atoms with Gasteiger partial charge in [0, 0.05) is 24.8 Å².